The second-order valence-corrected chi connectivity index (χ2v) is 9.23. The van der Waals surface area contributed by atoms with Gasteiger partial charge in [-0.25, -0.2) is 17.2 Å². The summed E-state index contributed by atoms with van der Waals surface area (Å²) in [6.07, 6.45) is 3.64. The molecule has 0 unspecified atom stereocenters. The third-order valence-electron chi connectivity index (χ3n) is 4.67. The summed E-state index contributed by atoms with van der Waals surface area (Å²) in [7, 11) is -1.63. The molecule has 3 rings (SSSR count). The molecule has 0 saturated heterocycles. The van der Waals surface area contributed by atoms with Gasteiger partial charge < -0.3 is 15.6 Å². The Labute approximate surface area is 174 Å². The summed E-state index contributed by atoms with van der Waals surface area (Å²) in [5, 5.41) is 7.07. The maximum absolute atomic E-state index is 13.6. The van der Waals surface area contributed by atoms with E-state index in [4.69, 9.17) is 0 Å². The van der Waals surface area contributed by atoms with Crippen LogP contribution in [0.3, 0.4) is 0 Å². The Morgan fingerprint density at radius 2 is 1.77 bits per heavy atom. The first-order valence-electron chi connectivity index (χ1n) is 9.40. The van der Waals surface area contributed by atoms with Crippen LogP contribution < -0.4 is 10.6 Å². The molecule has 6 nitrogen and oxygen atoms in total. The highest BCUT2D eigenvalue weighted by atomic mass is 32.2. The smallest absolute Gasteiger partial charge is 0.191 e. The Balaban J connectivity index is 1.60. The lowest BCUT2D eigenvalue weighted by Crippen LogP contribution is -2.38. The van der Waals surface area contributed by atoms with Crippen LogP contribution in [0.5, 0.6) is 0 Å². The predicted octanol–water partition coefficient (Wildman–Crippen LogP) is 2.90. The molecular weight excluding hydrogens is 410 g/mol. The zero-order valence-corrected chi connectivity index (χ0v) is 17.6. The molecule has 3 aromatic rings. The maximum atomic E-state index is 13.6. The minimum absolute atomic E-state index is 0.159. The molecule has 160 valence electrons. The fourth-order valence-corrected chi connectivity index (χ4v) is 4.10. The molecule has 0 aliphatic rings. The van der Waals surface area contributed by atoms with Gasteiger partial charge in [0.2, 0.25) is 0 Å². The van der Waals surface area contributed by atoms with Crippen LogP contribution in [0.4, 0.5) is 8.78 Å². The summed E-state index contributed by atoms with van der Waals surface area (Å²) in [4.78, 5) is 7.26. The van der Waals surface area contributed by atoms with E-state index >= 15 is 0 Å². The van der Waals surface area contributed by atoms with Crippen molar-refractivity contribution in [2.75, 3.05) is 19.8 Å². The van der Waals surface area contributed by atoms with Crippen molar-refractivity contribution in [3.8, 4) is 0 Å². The third-order valence-corrected chi connectivity index (χ3v) is 5.51. The molecule has 0 saturated carbocycles. The number of nitrogens with zero attached hydrogens (tertiary/aromatic N) is 1. The quantitative estimate of drug-likeness (QED) is 0.394. The van der Waals surface area contributed by atoms with Crippen molar-refractivity contribution in [3.05, 3.63) is 70.9 Å². The number of fused-ring (bicyclic) bond motifs is 1. The summed E-state index contributed by atoms with van der Waals surface area (Å²) in [6.45, 7) is 0.767. The van der Waals surface area contributed by atoms with E-state index in [-0.39, 0.29) is 18.1 Å². The number of H-pyrrole nitrogens is 1. The standard InChI is InChI=1S/C21H24F2N4O2S/c1-24-21(25-8-7-14-11-26-20-6-5-18(23)10-19(14)20)27-12-16-9-17(22)4-3-15(16)13-30(2,28)29/h3-6,9-11,26H,7-8,12-13H2,1-2H3,(H2,24,25,27). The highest BCUT2D eigenvalue weighted by Crippen LogP contribution is 2.19. The van der Waals surface area contributed by atoms with Gasteiger partial charge in [0.15, 0.2) is 15.8 Å². The number of aromatic nitrogens is 1. The van der Waals surface area contributed by atoms with E-state index in [2.05, 4.69) is 20.6 Å². The Bertz CT molecular complexity index is 1170. The van der Waals surface area contributed by atoms with Crippen LogP contribution in [0.25, 0.3) is 10.9 Å². The van der Waals surface area contributed by atoms with Gasteiger partial charge in [-0.15, -0.1) is 0 Å². The summed E-state index contributed by atoms with van der Waals surface area (Å²) in [6, 6.07) is 8.68. The number of nitrogens with one attached hydrogen (secondary N) is 3. The van der Waals surface area contributed by atoms with Gasteiger partial charge in [0, 0.05) is 43.5 Å². The second-order valence-electron chi connectivity index (χ2n) is 7.09. The number of aromatic amines is 1. The maximum Gasteiger partial charge on any atom is 0.191 e. The molecule has 1 aromatic heterocycles. The van der Waals surface area contributed by atoms with Crippen molar-refractivity contribution in [2.45, 2.75) is 18.7 Å². The fraction of sp³-hybridized carbons (Fsp3) is 0.286. The number of rotatable bonds is 7. The van der Waals surface area contributed by atoms with Gasteiger partial charge in [-0.1, -0.05) is 6.07 Å². The van der Waals surface area contributed by atoms with Crippen molar-refractivity contribution in [2.24, 2.45) is 4.99 Å². The van der Waals surface area contributed by atoms with Crippen LogP contribution in [0, 0.1) is 11.6 Å². The predicted molar refractivity (Wildman–Crippen MR) is 115 cm³/mol. The molecular formula is C21H24F2N4O2S. The van der Waals surface area contributed by atoms with Crippen LogP contribution >= 0.6 is 0 Å². The van der Waals surface area contributed by atoms with Gasteiger partial charge in [0.05, 0.1) is 5.75 Å². The number of benzene rings is 2. The molecule has 9 heteroatoms. The zero-order chi connectivity index (χ0) is 21.7. The SMILES string of the molecule is CN=C(NCCc1c[nH]c2ccc(F)cc12)NCc1cc(F)ccc1CS(C)(=O)=O. The normalized spacial score (nSPS) is 12.3. The molecule has 30 heavy (non-hydrogen) atoms. The molecule has 3 N–H and O–H groups in total. The largest absolute Gasteiger partial charge is 0.361 e. The molecule has 0 fully saturated rings. The highest BCUT2D eigenvalue weighted by Gasteiger charge is 2.11. The van der Waals surface area contributed by atoms with Crippen LogP contribution in [-0.2, 0) is 28.6 Å². The van der Waals surface area contributed by atoms with Crippen LogP contribution in [0.15, 0.2) is 47.6 Å². The van der Waals surface area contributed by atoms with Gasteiger partial charge in [0.25, 0.3) is 0 Å². The Morgan fingerprint density at radius 1 is 1.03 bits per heavy atom. The van der Waals surface area contributed by atoms with Gasteiger partial charge in [-0.2, -0.15) is 0 Å². The van der Waals surface area contributed by atoms with Crippen LogP contribution in [0.2, 0.25) is 0 Å². The molecule has 0 aliphatic carbocycles. The molecule has 0 amide bonds. The van der Waals surface area contributed by atoms with Gasteiger partial charge in [-0.05, 0) is 53.4 Å². The van der Waals surface area contributed by atoms with Gasteiger partial charge >= 0.3 is 0 Å². The number of halogens is 2. The molecule has 2 aromatic carbocycles. The Morgan fingerprint density at radius 3 is 2.50 bits per heavy atom. The van der Waals surface area contributed by atoms with Crippen molar-refractivity contribution in [3.63, 3.8) is 0 Å². The van der Waals surface area contributed by atoms with E-state index in [9.17, 15) is 17.2 Å². The molecule has 1 heterocycles. The van der Waals surface area contributed by atoms with Crippen molar-refractivity contribution in [1.29, 1.82) is 0 Å². The van der Waals surface area contributed by atoms with Crippen LogP contribution in [0.1, 0.15) is 16.7 Å². The molecule has 0 bridgehead atoms. The average molecular weight is 435 g/mol. The lowest BCUT2D eigenvalue weighted by atomic mass is 10.1. The number of aliphatic imine (C=N–C) groups is 1. The minimum atomic E-state index is -3.24. The first kappa shape index (κ1) is 21.8. The Hall–Kier alpha value is -2.94. The highest BCUT2D eigenvalue weighted by molar-refractivity contribution is 7.89. The van der Waals surface area contributed by atoms with Crippen molar-refractivity contribution < 1.29 is 17.2 Å². The second kappa shape index (κ2) is 9.25. The minimum Gasteiger partial charge on any atom is -0.361 e. The lowest BCUT2D eigenvalue weighted by Gasteiger charge is -2.14. The van der Waals surface area contributed by atoms with Crippen molar-refractivity contribution in [1.82, 2.24) is 15.6 Å². The van der Waals surface area contributed by atoms with E-state index in [1.165, 1.54) is 30.3 Å². The Kier molecular flexibility index (Phi) is 6.71. The fourth-order valence-electron chi connectivity index (χ4n) is 3.25. The van der Waals surface area contributed by atoms with Gasteiger partial charge in [0.1, 0.15) is 11.6 Å². The summed E-state index contributed by atoms with van der Waals surface area (Å²) < 4.78 is 50.4. The number of hydrogen-bond donors (Lipinski definition) is 3. The monoisotopic (exact) mass is 434 g/mol. The number of guanidine groups is 1. The van der Waals surface area contributed by atoms with E-state index < -0.39 is 15.7 Å². The first-order valence-corrected chi connectivity index (χ1v) is 11.5. The molecule has 0 aliphatic heterocycles. The van der Waals surface area contributed by atoms with Gasteiger partial charge in [-0.3, -0.25) is 4.99 Å². The first-order chi connectivity index (χ1) is 14.2. The molecule has 0 atom stereocenters. The lowest BCUT2D eigenvalue weighted by molar-refractivity contribution is 0.599. The summed E-state index contributed by atoms with van der Waals surface area (Å²) in [5.74, 6) is -0.379. The number of sulfone groups is 1. The third kappa shape index (κ3) is 5.79. The number of hydrogen-bond acceptors (Lipinski definition) is 3. The summed E-state index contributed by atoms with van der Waals surface area (Å²) in [5.41, 5.74) is 2.95. The van der Waals surface area contributed by atoms with Crippen LogP contribution in [-0.4, -0.2) is 39.2 Å². The molecule has 0 spiro atoms. The molecule has 0 radical (unpaired) electrons. The topological polar surface area (TPSA) is 86.3 Å². The van der Waals surface area contributed by atoms with E-state index in [1.54, 1.807) is 13.1 Å². The van der Waals surface area contributed by atoms with E-state index in [0.29, 0.717) is 30.1 Å². The van der Waals surface area contributed by atoms with E-state index in [1.807, 2.05) is 6.20 Å². The average Bonchev–Trinajstić information content (AvgIpc) is 3.07. The van der Waals surface area contributed by atoms with E-state index in [0.717, 1.165) is 22.7 Å². The summed E-state index contributed by atoms with van der Waals surface area (Å²) >= 11 is 0. The zero-order valence-electron chi connectivity index (χ0n) is 16.8. The van der Waals surface area contributed by atoms with Crippen molar-refractivity contribution >= 4 is 26.7 Å².